The van der Waals surface area contributed by atoms with E-state index in [0.29, 0.717) is 0 Å². The Morgan fingerprint density at radius 1 is 0.480 bits per heavy atom. The van der Waals surface area contributed by atoms with Gasteiger partial charge in [-0.05, 0) is 85.2 Å². The van der Waals surface area contributed by atoms with Crippen molar-refractivity contribution in [2.45, 2.75) is 19.3 Å². The molecule has 5 aromatic heterocycles. The van der Waals surface area contributed by atoms with Crippen LogP contribution in [0.4, 0.5) is 30.9 Å². The minimum absolute atomic E-state index is 0. The Hall–Kier alpha value is -4.60. The van der Waals surface area contributed by atoms with Crippen LogP contribution in [-0.2, 0) is 19.5 Å². The fourth-order valence-electron chi connectivity index (χ4n) is 4.53. The van der Waals surface area contributed by atoms with Crippen molar-refractivity contribution in [1.82, 2.24) is 24.9 Å². The minimum atomic E-state index is -10.7. The molecule has 1 fully saturated rings. The van der Waals surface area contributed by atoms with Gasteiger partial charge in [-0.2, -0.15) is 0 Å². The van der Waals surface area contributed by atoms with Crippen LogP contribution in [0.2, 0.25) is 0 Å². The molecule has 14 heteroatoms. The monoisotopic (exact) mass is 796 g/mol. The molecule has 7 rings (SSSR count). The van der Waals surface area contributed by atoms with Crippen LogP contribution in [-0.4, -0.2) is 38.0 Å². The van der Waals surface area contributed by atoms with E-state index in [1.165, 1.54) is 38.0 Å². The van der Waals surface area contributed by atoms with Gasteiger partial charge in [0.05, 0.1) is 22.8 Å². The van der Waals surface area contributed by atoms with E-state index in [1.807, 2.05) is 103 Å². The Kier molecular flexibility index (Phi) is 14.2. The van der Waals surface area contributed by atoms with Gasteiger partial charge in [0.1, 0.15) is 0 Å². The molecule has 0 saturated carbocycles. The summed E-state index contributed by atoms with van der Waals surface area (Å²) in [5.74, 6) is 0. The number of hydrogen-bond acceptors (Lipinski definition) is 6. The van der Waals surface area contributed by atoms with Gasteiger partial charge in [0.25, 0.3) is 0 Å². The topological polar surface area (TPSA) is 67.7 Å². The number of anilines is 1. The maximum atomic E-state index is 9.87. The number of pyridine rings is 5. The SMILES string of the molecule is F[P-](F)(F)(F)(F)F.[Ru+2].[c-]1ccc(N2CCCCC2)cc1-c1ccccn1.c1ccc(-c2ccccn2)nc1.c1ccc(-c2ccccn2)nc1. The first-order valence-corrected chi connectivity index (χ1v) is 17.2. The second-order valence-corrected chi connectivity index (χ2v) is 12.5. The maximum Gasteiger partial charge on any atom is 2.00 e. The molecule has 1 aliphatic heterocycles. The molecule has 6 aromatic rings. The Bertz CT molecular complexity index is 1660. The maximum absolute atomic E-state index is 10.7. The third kappa shape index (κ3) is 16.2. The molecular weight excluding hydrogens is 762 g/mol. The van der Waals surface area contributed by atoms with E-state index in [0.717, 1.165) is 34.0 Å². The van der Waals surface area contributed by atoms with E-state index in [4.69, 9.17) is 0 Å². The van der Waals surface area contributed by atoms with Gasteiger partial charge in [0, 0.05) is 44.1 Å². The zero-order valence-electron chi connectivity index (χ0n) is 26.6. The van der Waals surface area contributed by atoms with Gasteiger partial charge in [0.2, 0.25) is 0 Å². The van der Waals surface area contributed by atoms with Crippen LogP contribution in [0, 0.1) is 6.07 Å². The molecule has 262 valence electrons. The minimum Gasteiger partial charge on any atom is -0.388 e. The van der Waals surface area contributed by atoms with Crippen LogP contribution in [0.25, 0.3) is 34.0 Å². The Labute approximate surface area is 299 Å². The average molecular weight is 796 g/mol. The van der Waals surface area contributed by atoms with Crippen molar-refractivity contribution in [1.29, 1.82) is 0 Å². The van der Waals surface area contributed by atoms with Gasteiger partial charge in [-0.15, -0.1) is 29.8 Å². The molecule has 0 spiro atoms. The molecule has 0 radical (unpaired) electrons. The van der Waals surface area contributed by atoms with Crippen molar-refractivity contribution in [3.63, 3.8) is 0 Å². The van der Waals surface area contributed by atoms with Gasteiger partial charge in [-0.3, -0.25) is 19.9 Å². The fourth-order valence-corrected chi connectivity index (χ4v) is 4.53. The van der Waals surface area contributed by atoms with Crippen LogP contribution in [0.5, 0.6) is 0 Å². The molecule has 1 saturated heterocycles. The summed E-state index contributed by atoms with van der Waals surface area (Å²) in [4.78, 5) is 23.6. The van der Waals surface area contributed by atoms with Crippen LogP contribution < -0.4 is 4.90 Å². The molecule has 50 heavy (non-hydrogen) atoms. The van der Waals surface area contributed by atoms with Gasteiger partial charge in [-0.25, -0.2) is 0 Å². The number of halogens is 6. The van der Waals surface area contributed by atoms with Crippen molar-refractivity contribution in [2.24, 2.45) is 0 Å². The normalized spacial score (nSPS) is 13.5. The van der Waals surface area contributed by atoms with Crippen molar-refractivity contribution in [3.8, 4) is 34.0 Å². The number of aromatic nitrogens is 5. The molecule has 0 bridgehead atoms. The second-order valence-electron chi connectivity index (χ2n) is 10.5. The predicted molar refractivity (Wildman–Crippen MR) is 183 cm³/mol. The molecule has 6 heterocycles. The largest absolute Gasteiger partial charge is 2.00 e. The van der Waals surface area contributed by atoms with E-state index < -0.39 is 7.81 Å². The fraction of sp³-hybridized carbons (Fsp3) is 0.139. The summed E-state index contributed by atoms with van der Waals surface area (Å²) in [5.41, 5.74) is 7.04. The summed E-state index contributed by atoms with van der Waals surface area (Å²) in [6.45, 7) is 2.34. The molecule has 0 amide bonds. The summed E-state index contributed by atoms with van der Waals surface area (Å²) < 4.78 is 59.2. The summed E-state index contributed by atoms with van der Waals surface area (Å²) in [6, 6.07) is 38.8. The zero-order chi connectivity index (χ0) is 35.1. The Morgan fingerprint density at radius 2 is 0.820 bits per heavy atom. The zero-order valence-corrected chi connectivity index (χ0v) is 29.2. The number of nitrogens with zero attached hydrogens (tertiary/aromatic N) is 6. The summed E-state index contributed by atoms with van der Waals surface area (Å²) in [6.07, 6.45) is 12.9. The molecular formula is C36H33F6N6PRu. The third-order valence-electron chi connectivity index (χ3n) is 6.63. The predicted octanol–water partition coefficient (Wildman–Crippen LogP) is 11.2. The molecule has 0 aliphatic carbocycles. The van der Waals surface area contributed by atoms with Crippen molar-refractivity contribution < 1.29 is 44.7 Å². The van der Waals surface area contributed by atoms with Gasteiger partial charge in [-0.1, -0.05) is 36.4 Å². The Morgan fingerprint density at radius 3 is 1.14 bits per heavy atom. The third-order valence-corrected chi connectivity index (χ3v) is 6.63. The smallest absolute Gasteiger partial charge is 0.388 e. The van der Waals surface area contributed by atoms with E-state index in [9.17, 15) is 25.2 Å². The van der Waals surface area contributed by atoms with Crippen LogP contribution in [0.15, 0.2) is 140 Å². The molecule has 0 N–H and O–H groups in total. The van der Waals surface area contributed by atoms with E-state index >= 15 is 0 Å². The first-order valence-electron chi connectivity index (χ1n) is 15.2. The van der Waals surface area contributed by atoms with Crippen LogP contribution >= 0.6 is 7.81 Å². The summed E-state index contributed by atoms with van der Waals surface area (Å²) >= 11 is 0. The molecule has 1 aromatic carbocycles. The summed E-state index contributed by atoms with van der Waals surface area (Å²) in [5, 5.41) is 0. The molecule has 6 nitrogen and oxygen atoms in total. The van der Waals surface area contributed by atoms with Crippen molar-refractivity contribution >= 4 is 13.5 Å². The van der Waals surface area contributed by atoms with E-state index in [-0.39, 0.29) is 19.5 Å². The number of hydrogen-bond donors (Lipinski definition) is 0. The molecule has 0 unspecified atom stereocenters. The summed E-state index contributed by atoms with van der Waals surface area (Å²) in [7, 11) is -10.7. The van der Waals surface area contributed by atoms with Crippen molar-refractivity contribution in [3.05, 3.63) is 146 Å². The molecule has 0 atom stereocenters. The van der Waals surface area contributed by atoms with E-state index in [2.05, 4.69) is 48.0 Å². The first-order chi connectivity index (χ1) is 23.3. The Balaban J connectivity index is 0.000000188. The number of piperidine rings is 1. The van der Waals surface area contributed by atoms with Gasteiger partial charge >= 0.3 is 52.5 Å². The standard InChI is InChI=1S/C16H17N2.2C10H8N2.F6P.Ru/c1-4-11-18(12-5-1)15-8-6-7-14(13-15)16-9-2-3-10-17-16;2*1-3-7-11-9(5-1)10-6-2-4-8-12-10;1-7(2,3,4,5)6;/h2-3,6,8-10,13H,1,4-5,11-12H2;2*1-8H;;/q-1;;;-1;+2. The average Bonchev–Trinajstić information content (AvgIpc) is 3.13. The number of rotatable bonds is 4. The van der Waals surface area contributed by atoms with Gasteiger partial charge < -0.3 is 9.88 Å². The molecule has 1 aliphatic rings. The first kappa shape index (κ1) is 39.8. The van der Waals surface area contributed by atoms with E-state index in [1.54, 1.807) is 24.8 Å². The van der Waals surface area contributed by atoms with Crippen LogP contribution in [0.3, 0.4) is 0 Å². The number of benzene rings is 1. The quantitative estimate of drug-likeness (QED) is 0.0766. The van der Waals surface area contributed by atoms with Crippen molar-refractivity contribution in [2.75, 3.05) is 18.0 Å². The van der Waals surface area contributed by atoms with Crippen LogP contribution in [0.1, 0.15) is 19.3 Å². The second kappa shape index (κ2) is 17.9. The van der Waals surface area contributed by atoms with Gasteiger partial charge in [0.15, 0.2) is 0 Å².